The summed E-state index contributed by atoms with van der Waals surface area (Å²) in [6.07, 6.45) is 1.83. The van der Waals surface area contributed by atoms with Gasteiger partial charge in [0.1, 0.15) is 0 Å². The van der Waals surface area contributed by atoms with Crippen LogP contribution >= 0.6 is 11.6 Å². The van der Waals surface area contributed by atoms with Crippen molar-refractivity contribution in [3.63, 3.8) is 0 Å². The Morgan fingerprint density at radius 1 is 1.42 bits per heavy atom. The summed E-state index contributed by atoms with van der Waals surface area (Å²) in [7, 11) is -3.54. The zero-order valence-corrected chi connectivity index (χ0v) is 12.6. The van der Waals surface area contributed by atoms with Crippen LogP contribution in [-0.4, -0.2) is 30.4 Å². The minimum absolute atomic E-state index is 0.117. The molecule has 0 aromatic heterocycles. The molecule has 0 bridgehead atoms. The van der Waals surface area contributed by atoms with Crippen molar-refractivity contribution in [1.82, 2.24) is 4.31 Å². The Labute approximate surface area is 119 Å². The largest absolute Gasteiger partial charge is 0.392 e. The minimum Gasteiger partial charge on any atom is -0.392 e. The number of hydrogen-bond donors (Lipinski definition) is 1. The third-order valence-corrected chi connectivity index (χ3v) is 5.83. The predicted molar refractivity (Wildman–Crippen MR) is 74.7 cm³/mol. The van der Waals surface area contributed by atoms with Crippen molar-refractivity contribution in [3.8, 4) is 0 Å². The van der Waals surface area contributed by atoms with Crippen molar-refractivity contribution >= 4 is 21.6 Å². The molecule has 6 heteroatoms. The second-order valence-electron chi connectivity index (χ2n) is 4.79. The highest BCUT2D eigenvalue weighted by atomic mass is 35.5. The van der Waals surface area contributed by atoms with Crippen molar-refractivity contribution < 1.29 is 13.5 Å². The van der Waals surface area contributed by atoms with Crippen LogP contribution in [-0.2, 0) is 16.6 Å². The molecule has 1 fully saturated rings. The van der Waals surface area contributed by atoms with Crippen LogP contribution in [0.25, 0.3) is 0 Å². The highest BCUT2D eigenvalue weighted by molar-refractivity contribution is 7.89. The smallest absolute Gasteiger partial charge is 0.243 e. The monoisotopic (exact) mass is 303 g/mol. The van der Waals surface area contributed by atoms with E-state index in [1.807, 2.05) is 6.92 Å². The second kappa shape index (κ2) is 5.40. The van der Waals surface area contributed by atoms with Gasteiger partial charge in [0.25, 0.3) is 0 Å². The van der Waals surface area contributed by atoms with E-state index >= 15 is 0 Å². The number of hydrogen-bond acceptors (Lipinski definition) is 3. The predicted octanol–water partition coefficient (Wildman–Crippen LogP) is 2.31. The van der Waals surface area contributed by atoms with Crippen molar-refractivity contribution in [3.05, 3.63) is 28.3 Å². The number of aliphatic hydroxyl groups is 1. The second-order valence-corrected chi connectivity index (χ2v) is 7.08. The van der Waals surface area contributed by atoms with Crippen LogP contribution in [0.3, 0.4) is 0 Å². The van der Waals surface area contributed by atoms with Gasteiger partial charge in [-0.2, -0.15) is 4.31 Å². The molecule has 1 aliphatic carbocycles. The fraction of sp³-hybridized carbons (Fsp3) is 0.538. The molecule has 1 aromatic rings. The van der Waals surface area contributed by atoms with E-state index in [0.717, 1.165) is 12.8 Å². The van der Waals surface area contributed by atoms with Crippen LogP contribution < -0.4 is 0 Å². The van der Waals surface area contributed by atoms with Crippen molar-refractivity contribution in [2.45, 2.75) is 44.2 Å². The number of halogens is 1. The average molecular weight is 304 g/mol. The average Bonchev–Trinajstić information content (AvgIpc) is 3.16. The third kappa shape index (κ3) is 2.79. The molecular formula is C13H18ClNO3S. The summed E-state index contributed by atoms with van der Waals surface area (Å²) in [5.74, 6) is 0. The number of benzene rings is 1. The molecule has 0 unspecified atom stereocenters. The van der Waals surface area contributed by atoms with E-state index in [2.05, 4.69) is 0 Å². The lowest BCUT2D eigenvalue weighted by atomic mass is 10.1. The first kappa shape index (κ1) is 14.8. The maximum absolute atomic E-state index is 12.7. The Kier molecular flexibility index (Phi) is 4.20. The van der Waals surface area contributed by atoms with E-state index in [1.54, 1.807) is 13.0 Å². The first-order valence-electron chi connectivity index (χ1n) is 6.33. The van der Waals surface area contributed by atoms with E-state index in [0.29, 0.717) is 22.7 Å². The fourth-order valence-corrected chi connectivity index (χ4v) is 4.55. The van der Waals surface area contributed by atoms with E-state index < -0.39 is 10.0 Å². The van der Waals surface area contributed by atoms with Crippen LogP contribution in [0.15, 0.2) is 17.0 Å². The van der Waals surface area contributed by atoms with E-state index in [4.69, 9.17) is 11.6 Å². The molecule has 0 heterocycles. The zero-order valence-electron chi connectivity index (χ0n) is 11.1. The van der Waals surface area contributed by atoms with Crippen LogP contribution in [0.1, 0.15) is 30.9 Å². The quantitative estimate of drug-likeness (QED) is 0.908. The third-order valence-electron chi connectivity index (χ3n) is 3.46. The summed E-state index contributed by atoms with van der Waals surface area (Å²) < 4.78 is 26.9. The summed E-state index contributed by atoms with van der Waals surface area (Å²) >= 11 is 5.96. The Morgan fingerprint density at radius 3 is 2.53 bits per heavy atom. The molecule has 106 valence electrons. The summed E-state index contributed by atoms with van der Waals surface area (Å²) in [5.41, 5.74) is 1.13. The normalized spacial score (nSPS) is 16.1. The van der Waals surface area contributed by atoms with E-state index in [-0.39, 0.29) is 17.5 Å². The van der Waals surface area contributed by atoms with Crippen LogP contribution in [0.5, 0.6) is 0 Å². The van der Waals surface area contributed by atoms with Crippen molar-refractivity contribution in [1.29, 1.82) is 0 Å². The molecule has 0 amide bonds. The summed E-state index contributed by atoms with van der Waals surface area (Å²) in [5, 5.41) is 9.62. The molecule has 0 spiro atoms. The molecule has 0 saturated heterocycles. The SMILES string of the molecule is CCN(C1CC1)S(=O)(=O)c1cc(Cl)cc(CO)c1C. The molecular weight excluding hydrogens is 286 g/mol. The Morgan fingerprint density at radius 2 is 2.05 bits per heavy atom. The molecule has 2 rings (SSSR count). The topological polar surface area (TPSA) is 57.6 Å². The number of rotatable bonds is 5. The van der Waals surface area contributed by atoms with Gasteiger partial charge in [-0.05, 0) is 43.0 Å². The Hall–Kier alpha value is -0.620. The molecule has 0 radical (unpaired) electrons. The van der Waals surface area contributed by atoms with Gasteiger partial charge in [0.2, 0.25) is 10.0 Å². The highest BCUT2D eigenvalue weighted by Crippen LogP contribution is 2.34. The van der Waals surface area contributed by atoms with Gasteiger partial charge in [0, 0.05) is 17.6 Å². The number of nitrogens with zero attached hydrogens (tertiary/aromatic N) is 1. The molecule has 1 aliphatic rings. The number of sulfonamides is 1. The molecule has 4 nitrogen and oxygen atoms in total. The zero-order chi connectivity index (χ0) is 14.2. The summed E-state index contributed by atoms with van der Waals surface area (Å²) in [6, 6.07) is 3.19. The van der Waals surface area contributed by atoms with Gasteiger partial charge in [0.15, 0.2) is 0 Å². The molecule has 19 heavy (non-hydrogen) atoms. The lowest BCUT2D eigenvalue weighted by Gasteiger charge is -2.22. The van der Waals surface area contributed by atoms with Gasteiger partial charge < -0.3 is 5.11 Å². The van der Waals surface area contributed by atoms with Crippen molar-refractivity contribution in [2.75, 3.05) is 6.54 Å². The molecule has 1 aromatic carbocycles. The van der Waals surface area contributed by atoms with Gasteiger partial charge in [-0.15, -0.1) is 0 Å². The minimum atomic E-state index is -3.54. The standard InChI is InChI=1S/C13H18ClNO3S/c1-3-15(12-4-5-12)19(17,18)13-7-11(14)6-10(8-16)9(13)2/h6-7,12,16H,3-5,8H2,1-2H3. The van der Waals surface area contributed by atoms with E-state index in [1.165, 1.54) is 10.4 Å². The highest BCUT2D eigenvalue weighted by Gasteiger charge is 2.37. The van der Waals surface area contributed by atoms with E-state index in [9.17, 15) is 13.5 Å². The fourth-order valence-electron chi connectivity index (χ4n) is 2.25. The molecule has 1 saturated carbocycles. The Bertz CT molecular complexity index is 582. The Balaban J connectivity index is 2.53. The van der Waals surface area contributed by atoms with Crippen molar-refractivity contribution in [2.24, 2.45) is 0 Å². The number of aliphatic hydroxyl groups excluding tert-OH is 1. The van der Waals surface area contributed by atoms with Crippen LogP contribution in [0, 0.1) is 6.92 Å². The van der Waals surface area contributed by atoms with Crippen LogP contribution in [0.4, 0.5) is 0 Å². The maximum Gasteiger partial charge on any atom is 0.243 e. The lowest BCUT2D eigenvalue weighted by Crippen LogP contribution is -2.33. The first-order valence-corrected chi connectivity index (χ1v) is 8.15. The molecule has 0 atom stereocenters. The first-order chi connectivity index (χ1) is 8.91. The van der Waals surface area contributed by atoms with Gasteiger partial charge in [-0.3, -0.25) is 0 Å². The summed E-state index contributed by atoms with van der Waals surface area (Å²) in [6.45, 7) is 3.77. The lowest BCUT2D eigenvalue weighted by molar-refractivity contribution is 0.280. The molecule has 1 N–H and O–H groups in total. The summed E-state index contributed by atoms with van der Waals surface area (Å²) in [4.78, 5) is 0.206. The van der Waals surface area contributed by atoms with Gasteiger partial charge >= 0.3 is 0 Å². The van der Waals surface area contributed by atoms with Gasteiger partial charge in [0.05, 0.1) is 11.5 Å². The maximum atomic E-state index is 12.7. The van der Waals surface area contributed by atoms with Crippen LogP contribution in [0.2, 0.25) is 5.02 Å². The van der Waals surface area contributed by atoms with Gasteiger partial charge in [-0.25, -0.2) is 8.42 Å². The molecule has 0 aliphatic heterocycles. The van der Waals surface area contributed by atoms with Gasteiger partial charge in [-0.1, -0.05) is 18.5 Å².